The monoisotopic (exact) mass is 423 g/mol. The summed E-state index contributed by atoms with van der Waals surface area (Å²) in [5, 5.41) is 4.81. The van der Waals surface area contributed by atoms with Gasteiger partial charge in [-0.2, -0.15) is 5.10 Å². The molecule has 7 heteroatoms. The number of thiazole rings is 1. The molecule has 30 heavy (non-hydrogen) atoms. The van der Waals surface area contributed by atoms with Crippen LogP contribution in [0, 0.1) is 13.8 Å². The number of carbonyl (C=O) groups is 1. The fraction of sp³-hybridized carbons (Fsp3) is 0.261. The van der Waals surface area contributed by atoms with E-state index in [0.29, 0.717) is 40.4 Å². The van der Waals surface area contributed by atoms with Crippen LogP contribution >= 0.6 is 11.3 Å². The Balaban J connectivity index is 1.69. The molecule has 0 radical (unpaired) electrons. The molecule has 1 heterocycles. The molecule has 0 saturated heterocycles. The van der Waals surface area contributed by atoms with Crippen LogP contribution in [-0.2, 0) is 6.61 Å². The van der Waals surface area contributed by atoms with Gasteiger partial charge in [0, 0.05) is 6.92 Å². The molecule has 156 valence electrons. The number of ketones is 1. The van der Waals surface area contributed by atoms with Crippen molar-refractivity contribution >= 4 is 28.5 Å². The van der Waals surface area contributed by atoms with Crippen molar-refractivity contribution in [2.75, 3.05) is 12.0 Å². The first-order valence-corrected chi connectivity index (χ1v) is 10.5. The van der Waals surface area contributed by atoms with E-state index in [1.54, 1.807) is 6.21 Å². The van der Waals surface area contributed by atoms with Crippen LogP contribution in [0.3, 0.4) is 0 Å². The highest BCUT2D eigenvalue weighted by molar-refractivity contribution is 7.17. The normalized spacial score (nSPS) is 10.9. The van der Waals surface area contributed by atoms with Crippen molar-refractivity contribution in [2.24, 2.45) is 5.10 Å². The second-order valence-corrected chi connectivity index (χ2v) is 7.71. The Kier molecular flexibility index (Phi) is 7.19. The summed E-state index contributed by atoms with van der Waals surface area (Å²) in [6.45, 7) is 8.36. The molecule has 1 N–H and O–H groups in total. The Bertz CT molecular complexity index is 1060. The molecule has 0 unspecified atom stereocenters. The summed E-state index contributed by atoms with van der Waals surface area (Å²) >= 11 is 1.29. The molecule has 3 rings (SSSR count). The summed E-state index contributed by atoms with van der Waals surface area (Å²) in [5.74, 6) is 1.36. The van der Waals surface area contributed by atoms with E-state index < -0.39 is 0 Å². The van der Waals surface area contributed by atoms with Gasteiger partial charge >= 0.3 is 0 Å². The van der Waals surface area contributed by atoms with Crippen molar-refractivity contribution in [1.82, 2.24) is 4.98 Å². The minimum absolute atomic E-state index is 0.00433. The fourth-order valence-electron chi connectivity index (χ4n) is 2.85. The SMILES string of the molecule is CCOc1cc(/C=N\Nc2nc(C)c(C(C)=O)s2)ccc1OCc1ccccc1C. The number of carbonyl (C=O) groups excluding carboxylic acids is 1. The van der Waals surface area contributed by atoms with Crippen LogP contribution in [0.15, 0.2) is 47.6 Å². The molecule has 0 spiro atoms. The Morgan fingerprint density at radius 3 is 2.67 bits per heavy atom. The van der Waals surface area contributed by atoms with Crippen LogP contribution in [0.1, 0.15) is 45.9 Å². The van der Waals surface area contributed by atoms with Gasteiger partial charge in [0.15, 0.2) is 17.3 Å². The molecule has 3 aromatic rings. The standard InChI is InChI=1S/C23H25N3O3S/c1-5-28-21-12-18(13-24-26-23-25-16(3)22(30-23)17(4)27)10-11-20(21)29-14-19-9-7-6-8-15(19)2/h6-13H,5,14H2,1-4H3,(H,25,26)/b24-13-. The Hall–Kier alpha value is -3.19. The zero-order chi connectivity index (χ0) is 21.5. The maximum atomic E-state index is 11.5. The van der Waals surface area contributed by atoms with E-state index >= 15 is 0 Å². The van der Waals surface area contributed by atoms with Gasteiger partial charge < -0.3 is 9.47 Å². The first-order valence-electron chi connectivity index (χ1n) is 9.69. The molecule has 6 nitrogen and oxygen atoms in total. The second-order valence-electron chi connectivity index (χ2n) is 6.71. The number of nitrogens with zero attached hydrogens (tertiary/aromatic N) is 2. The maximum Gasteiger partial charge on any atom is 0.204 e. The molecular weight excluding hydrogens is 398 g/mol. The fourth-order valence-corrected chi connectivity index (χ4v) is 3.66. The van der Waals surface area contributed by atoms with Gasteiger partial charge in [0.05, 0.1) is 23.4 Å². The van der Waals surface area contributed by atoms with E-state index in [1.165, 1.54) is 23.8 Å². The number of rotatable bonds is 9. The lowest BCUT2D eigenvalue weighted by Gasteiger charge is -2.13. The number of hydrogen-bond donors (Lipinski definition) is 1. The largest absolute Gasteiger partial charge is 0.490 e. The van der Waals surface area contributed by atoms with E-state index in [4.69, 9.17) is 9.47 Å². The summed E-state index contributed by atoms with van der Waals surface area (Å²) in [5.41, 5.74) is 6.77. The van der Waals surface area contributed by atoms with Crippen molar-refractivity contribution in [3.63, 3.8) is 0 Å². The number of aryl methyl sites for hydroxylation is 2. The summed E-state index contributed by atoms with van der Waals surface area (Å²) < 4.78 is 11.7. The maximum absolute atomic E-state index is 11.5. The Labute approximate surface area is 180 Å². The van der Waals surface area contributed by atoms with Gasteiger partial charge in [-0.05, 0) is 55.7 Å². The summed E-state index contributed by atoms with van der Waals surface area (Å²) in [7, 11) is 0. The third-order valence-corrected chi connectivity index (χ3v) is 5.57. The minimum Gasteiger partial charge on any atom is -0.490 e. The zero-order valence-corrected chi connectivity index (χ0v) is 18.4. The summed E-state index contributed by atoms with van der Waals surface area (Å²) in [6.07, 6.45) is 1.68. The van der Waals surface area contributed by atoms with Gasteiger partial charge in [0.2, 0.25) is 5.13 Å². The Morgan fingerprint density at radius 2 is 1.97 bits per heavy atom. The van der Waals surface area contributed by atoms with Crippen LogP contribution in [-0.4, -0.2) is 23.6 Å². The van der Waals surface area contributed by atoms with Crippen LogP contribution < -0.4 is 14.9 Å². The van der Waals surface area contributed by atoms with Gasteiger partial charge in [-0.1, -0.05) is 35.6 Å². The number of benzene rings is 2. The number of Topliss-reactive ketones (excluding diaryl/α,β-unsaturated/α-hetero) is 1. The van der Waals surface area contributed by atoms with Crippen LogP contribution in [0.2, 0.25) is 0 Å². The van der Waals surface area contributed by atoms with Gasteiger partial charge in [-0.3, -0.25) is 10.2 Å². The molecule has 0 amide bonds. The average molecular weight is 424 g/mol. The van der Waals surface area contributed by atoms with Gasteiger partial charge in [0.1, 0.15) is 6.61 Å². The molecule has 1 aromatic heterocycles. The van der Waals surface area contributed by atoms with E-state index in [1.807, 2.05) is 44.2 Å². The number of nitrogens with one attached hydrogen (secondary N) is 1. The Morgan fingerprint density at radius 1 is 1.17 bits per heavy atom. The van der Waals surface area contributed by atoms with Gasteiger partial charge in [-0.15, -0.1) is 0 Å². The number of anilines is 1. The van der Waals surface area contributed by atoms with Crippen molar-refractivity contribution < 1.29 is 14.3 Å². The summed E-state index contributed by atoms with van der Waals surface area (Å²) in [4.78, 5) is 16.5. The van der Waals surface area contributed by atoms with Crippen LogP contribution in [0.4, 0.5) is 5.13 Å². The van der Waals surface area contributed by atoms with Crippen molar-refractivity contribution in [1.29, 1.82) is 0 Å². The van der Waals surface area contributed by atoms with E-state index in [0.717, 1.165) is 11.1 Å². The second kappa shape index (κ2) is 10.0. The lowest BCUT2D eigenvalue weighted by molar-refractivity contribution is 0.102. The van der Waals surface area contributed by atoms with Crippen molar-refractivity contribution in [3.8, 4) is 11.5 Å². The molecule has 0 aliphatic rings. The van der Waals surface area contributed by atoms with Gasteiger partial charge in [0.25, 0.3) is 0 Å². The molecular formula is C23H25N3O3S. The number of hydrogen-bond acceptors (Lipinski definition) is 7. The van der Waals surface area contributed by atoms with Crippen molar-refractivity contribution in [3.05, 3.63) is 69.7 Å². The number of aromatic nitrogens is 1. The number of ether oxygens (including phenoxy) is 2. The zero-order valence-electron chi connectivity index (χ0n) is 17.6. The first-order chi connectivity index (χ1) is 14.5. The molecule has 0 saturated carbocycles. The first kappa shape index (κ1) is 21.5. The highest BCUT2D eigenvalue weighted by Gasteiger charge is 2.11. The van der Waals surface area contributed by atoms with E-state index in [-0.39, 0.29) is 5.78 Å². The molecule has 2 aromatic carbocycles. The van der Waals surface area contributed by atoms with Gasteiger partial charge in [-0.25, -0.2) is 4.98 Å². The van der Waals surface area contributed by atoms with E-state index in [9.17, 15) is 4.79 Å². The van der Waals surface area contributed by atoms with Crippen LogP contribution in [0.5, 0.6) is 11.5 Å². The third kappa shape index (κ3) is 5.45. The molecule has 0 bridgehead atoms. The molecule has 0 atom stereocenters. The quantitative estimate of drug-likeness (QED) is 0.284. The topological polar surface area (TPSA) is 72.8 Å². The van der Waals surface area contributed by atoms with Crippen molar-refractivity contribution in [2.45, 2.75) is 34.3 Å². The molecule has 0 aliphatic heterocycles. The number of hydrazone groups is 1. The predicted molar refractivity (Wildman–Crippen MR) is 121 cm³/mol. The van der Waals surface area contributed by atoms with Crippen LogP contribution in [0.25, 0.3) is 0 Å². The third-order valence-electron chi connectivity index (χ3n) is 4.40. The average Bonchev–Trinajstić information content (AvgIpc) is 3.09. The highest BCUT2D eigenvalue weighted by Crippen LogP contribution is 2.29. The minimum atomic E-state index is 0.00433. The lowest BCUT2D eigenvalue weighted by atomic mass is 10.1. The lowest BCUT2D eigenvalue weighted by Crippen LogP contribution is -2.01. The van der Waals surface area contributed by atoms with E-state index in [2.05, 4.69) is 34.6 Å². The predicted octanol–water partition coefficient (Wildman–Crippen LogP) is 5.39. The summed E-state index contributed by atoms with van der Waals surface area (Å²) in [6, 6.07) is 13.8. The highest BCUT2D eigenvalue weighted by atomic mass is 32.1. The molecule has 0 aliphatic carbocycles. The molecule has 0 fully saturated rings. The smallest absolute Gasteiger partial charge is 0.204 e.